The molecule has 0 amide bonds. The van der Waals surface area contributed by atoms with Gasteiger partial charge in [-0.05, 0) is 90.1 Å². The maximum Gasteiger partial charge on any atom is 0.343 e. The highest BCUT2D eigenvalue weighted by Crippen LogP contribution is 2.34. The van der Waals surface area contributed by atoms with Crippen molar-refractivity contribution in [3.05, 3.63) is 89.0 Å². The number of ether oxygens (including phenoxy) is 1. The van der Waals surface area contributed by atoms with E-state index in [4.69, 9.17) is 4.74 Å². The van der Waals surface area contributed by atoms with Crippen LogP contribution in [-0.4, -0.2) is 17.0 Å². The van der Waals surface area contributed by atoms with Crippen LogP contribution in [-0.2, 0) is 12.8 Å². The van der Waals surface area contributed by atoms with Crippen LogP contribution < -0.4 is 4.74 Å². The van der Waals surface area contributed by atoms with Crippen LogP contribution in [0.15, 0.2) is 66.7 Å². The minimum atomic E-state index is -1.01. The van der Waals surface area contributed by atoms with Crippen LogP contribution in [0.2, 0.25) is 0 Å². The highest BCUT2D eigenvalue weighted by Gasteiger charge is 2.20. The van der Waals surface area contributed by atoms with Crippen molar-refractivity contribution in [1.29, 1.82) is 0 Å². The molecule has 0 spiro atoms. The number of unbranched alkanes of at least 4 members (excludes halogenated alkanes) is 1. The summed E-state index contributed by atoms with van der Waals surface area (Å²) in [5, 5.41) is 9.79. The molecule has 3 aromatic carbocycles. The fourth-order valence-corrected chi connectivity index (χ4v) is 5.81. The Morgan fingerprint density at radius 1 is 0.769 bits per heavy atom. The Balaban J connectivity index is 1.41. The summed E-state index contributed by atoms with van der Waals surface area (Å²) in [7, 11) is 0. The molecule has 0 heterocycles. The second kappa shape index (κ2) is 14.1. The first kappa shape index (κ1) is 28.6. The zero-order chi connectivity index (χ0) is 27.6. The summed E-state index contributed by atoms with van der Waals surface area (Å²) in [4.78, 5) is 24.7. The SMILES string of the molecule is CCCCc1ccc(C(=O)Oc2ccc(C(=O)O)c(-c3ccc(CCC4CCC(CCC)CC4)cc3)c2)cc1. The first-order valence-corrected chi connectivity index (χ1v) is 14.7. The van der Waals surface area contributed by atoms with Gasteiger partial charge in [0.1, 0.15) is 5.75 Å². The lowest BCUT2D eigenvalue weighted by Gasteiger charge is -2.28. The molecule has 0 bridgehead atoms. The lowest BCUT2D eigenvalue weighted by Crippen LogP contribution is -2.15. The number of esters is 1. The number of hydrogen-bond donors (Lipinski definition) is 1. The van der Waals surface area contributed by atoms with Crippen molar-refractivity contribution in [3.8, 4) is 16.9 Å². The molecule has 39 heavy (non-hydrogen) atoms. The fourth-order valence-electron chi connectivity index (χ4n) is 5.81. The predicted molar refractivity (Wildman–Crippen MR) is 158 cm³/mol. The number of benzene rings is 3. The largest absolute Gasteiger partial charge is 0.478 e. The molecule has 1 saturated carbocycles. The molecule has 0 saturated heterocycles. The average Bonchev–Trinajstić information content (AvgIpc) is 2.96. The number of carbonyl (C=O) groups is 2. The second-order valence-corrected chi connectivity index (χ2v) is 11.1. The molecule has 4 rings (SSSR count). The van der Waals surface area contributed by atoms with Crippen molar-refractivity contribution in [2.24, 2.45) is 11.8 Å². The van der Waals surface area contributed by atoms with Crippen molar-refractivity contribution >= 4 is 11.9 Å². The number of carboxylic acid groups (broad SMARTS) is 1. The summed E-state index contributed by atoms with van der Waals surface area (Å²) in [5.41, 5.74) is 4.48. The van der Waals surface area contributed by atoms with E-state index in [2.05, 4.69) is 26.0 Å². The molecule has 1 aliphatic carbocycles. The second-order valence-electron chi connectivity index (χ2n) is 11.1. The van der Waals surface area contributed by atoms with E-state index in [1.807, 2.05) is 24.3 Å². The van der Waals surface area contributed by atoms with Gasteiger partial charge in [-0.15, -0.1) is 0 Å². The number of aromatic carboxylic acids is 1. The van der Waals surface area contributed by atoms with Crippen molar-refractivity contribution in [3.63, 3.8) is 0 Å². The number of hydrogen-bond acceptors (Lipinski definition) is 3. The zero-order valence-corrected chi connectivity index (χ0v) is 23.5. The molecule has 0 aliphatic heterocycles. The van der Waals surface area contributed by atoms with Gasteiger partial charge in [0, 0.05) is 0 Å². The normalized spacial score (nSPS) is 17.1. The topological polar surface area (TPSA) is 63.6 Å². The lowest BCUT2D eigenvalue weighted by molar-refractivity contribution is 0.0697. The van der Waals surface area contributed by atoms with Crippen LogP contribution in [0, 0.1) is 11.8 Å². The molecule has 1 aliphatic rings. The van der Waals surface area contributed by atoms with Crippen molar-refractivity contribution in [2.45, 2.75) is 84.5 Å². The van der Waals surface area contributed by atoms with Gasteiger partial charge in [-0.3, -0.25) is 0 Å². The van der Waals surface area contributed by atoms with Gasteiger partial charge >= 0.3 is 11.9 Å². The van der Waals surface area contributed by atoms with Gasteiger partial charge in [-0.25, -0.2) is 9.59 Å². The maximum absolute atomic E-state index is 12.8. The Labute approximate surface area is 233 Å². The summed E-state index contributed by atoms with van der Waals surface area (Å²) in [6.07, 6.45) is 13.6. The molecule has 0 unspecified atom stereocenters. The average molecular weight is 527 g/mol. The quantitative estimate of drug-likeness (QED) is 0.189. The Morgan fingerprint density at radius 3 is 2.00 bits per heavy atom. The van der Waals surface area contributed by atoms with E-state index in [9.17, 15) is 14.7 Å². The molecule has 206 valence electrons. The molecular formula is C35H42O4. The third kappa shape index (κ3) is 8.05. The van der Waals surface area contributed by atoms with Gasteiger partial charge < -0.3 is 9.84 Å². The maximum atomic E-state index is 12.8. The molecule has 4 heteroatoms. The molecule has 4 nitrogen and oxygen atoms in total. The highest BCUT2D eigenvalue weighted by molar-refractivity contribution is 5.97. The summed E-state index contributed by atoms with van der Waals surface area (Å²) < 4.78 is 5.64. The number of carbonyl (C=O) groups excluding carboxylic acids is 1. The number of aryl methyl sites for hydroxylation is 2. The predicted octanol–water partition coefficient (Wildman–Crippen LogP) is 9.15. The first-order chi connectivity index (χ1) is 19.0. The molecule has 0 atom stereocenters. The Kier molecular flexibility index (Phi) is 10.4. The van der Waals surface area contributed by atoms with E-state index < -0.39 is 11.9 Å². The smallest absolute Gasteiger partial charge is 0.343 e. The number of carboxylic acids is 1. The number of rotatable bonds is 12. The third-order valence-corrected chi connectivity index (χ3v) is 8.21. The lowest BCUT2D eigenvalue weighted by atomic mass is 9.78. The molecular weight excluding hydrogens is 484 g/mol. The monoisotopic (exact) mass is 526 g/mol. The van der Waals surface area contributed by atoms with Crippen LogP contribution >= 0.6 is 0 Å². The summed E-state index contributed by atoms with van der Waals surface area (Å²) in [6, 6.07) is 20.4. The Hall–Kier alpha value is -3.40. The van der Waals surface area contributed by atoms with Gasteiger partial charge in [0.2, 0.25) is 0 Å². The standard InChI is InChI=1S/C35H42O4/c1-3-5-7-26-16-20-30(21-17-26)35(38)39-31-22-23-32(34(36)37)33(24-31)29-18-14-28(15-19-29)13-12-27-10-8-25(6-4-2)9-11-27/h14-25,27H,3-13H2,1-2H3,(H,36,37). The van der Waals surface area contributed by atoms with Crippen molar-refractivity contribution < 1.29 is 19.4 Å². The van der Waals surface area contributed by atoms with Crippen LogP contribution in [0.25, 0.3) is 11.1 Å². The zero-order valence-electron chi connectivity index (χ0n) is 23.5. The summed E-state index contributed by atoms with van der Waals surface area (Å²) >= 11 is 0. The Bertz CT molecular complexity index is 1220. The van der Waals surface area contributed by atoms with Gasteiger partial charge in [0.25, 0.3) is 0 Å². The Morgan fingerprint density at radius 2 is 1.38 bits per heavy atom. The van der Waals surface area contributed by atoms with Crippen molar-refractivity contribution in [2.75, 3.05) is 0 Å². The van der Waals surface area contributed by atoms with Crippen LogP contribution in [0.5, 0.6) is 5.75 Å². The molecule has 1 N–H and O–H groups in total. The van der Waals surface area contributed by atoms with Crippen LogP contribution in [0.1, 0.15) is 103 Å². The first-order valence-electron chi connectivity index (χ1n) is 14.7. The molecule has 1 fully saturated rings. The van der Waals surface area contributed by atoms with Gasteiger partial charge in [0.15, 0.2) is 0 Å². The summed E-state index contributed by atoms with van der Waals surface area (Å²) in [6.45, 7) is 4.44. The van der Waals surface area contributed by atoms with Gasteiger partial charge in [-0.1, -0.05) is 95.2 Å². The fraction of sp³-hybridized carbons (Fsp3) is 0.429. The van der Waals surface area contributed by atoms with E-state index in [-0.39, 0.29) is 5.56 Å². The summed E-state index contributed by atoms with van der Waals surface area (Å²) in [5.74, 6) is 0.617. The molecule has 0 radical (unpaired) electrons. The van der Waals surface area contributed by atoms with Gasteiger partial charge in [-0.2, -0.15) is 0 Å². The minimum Gasteiger partial charge on any atom is -0.478 e. The van der Waals surface area contributed by atoms with Crippen LogP contribution in [0.4, 0.5) is 0 Å². The van der Waals surface area contributed by atoms with E-state index in [0.717, 1.165) is 43.1 Å². The molecule has 0 aromatic heterocycles. The van der Waals surface area contributed by atoms with E-state index >= 15 is 0 Å². The van der Waals surface area contributed by atoms with Crippen LogP contribution in [0.3, 0.4) is 0 Å². The van der Waals surface area contributed by atoms with E-state index in [1.54, 1.807) is 24.3 Å². The van der Waals surface area contributed by atoms with Gasteiger partial charge in [0.05, 0.1) is 11.1 Å². The minimum absolute atomic E-state index is 0.187. The highest BCUT2D eigenvalue weighted by atomic mass is 16.5. The van der Waals surface area contributed by atoms with E-state index in [1.165, 1.54) is 62.1 Å². The molecule has 3 aromatic rings. The van der Waals surface area contributed by atoms with E-state index in [0.29, 0.717) is 16.9 Å². The van der Waals surface area contributed by atoms with Crippen molar-refractivity contribution in [1.82, 2.24) is 0 Å². The third-order valence-electron chi connectivity index (χ3n) is 8.21.